The molecule has 0 radical (unpaired) electrons. The van der Waals surface area contributed by atoms with E-state index in [1.807, 2.05) is 13.0 Å². The van der Waals surface area contributed by atoms with E-state index in [1.54, 1.807) is 39.8 Å². The van der Waals surface area contributed by atoms with Crippen LogP contribution in [0.4, 0.5) is 5.69 Å². The molecule has 100 valence electrons. The molecule has 1 aromatic carbocycles. The number of benzene rings is 1. The Bertz CT molecular complexity index is 459. The molecule has 0 aliphatic rings. The van der Waals surface area contributed by atoms with Gasteiger partial charge in [-0.15, -0.1) is 0 Å². The van der Waals surface area contributed by atoms with Crippen LogP contribution in [0.1, 0.15) is 43.6 Å². The van der Waals surface area contributed by atoms with Crippen LogP contribution in [-0.4, -0.2) is 22.2 Å². The molecule has 0 saturated heterocycles. The number of carbonyl (C=O) groups is 1. The molecular weight excluding hydrogens is 228 g/mol. The van der Waals surface area contributed by atoms with E-state index in [-0.39, 0.29) is 5.91 Å². The highest BCUT2D eigenvalue weighted by molar-refractivity contribution is 6.00. The smallest absolute Gasteiger partial charge is 0.253 e. The summed E-state index contributed by atoms with van der Waals surface area (Å²) < 4.78 is 0. The molecule has 0 unspecified atom stereocenters. The van der Waals surface area contributed by atoms with Crippen molar-refractivity contribution in [3.05, 3.63) is 29.3 Å². The third-order valence-corrected chi connectivity index (χ3v) is 3.52. The van der Waals surface area contributed by atoms with Crippen molar-refractivity contribution in [2.75, 3.05) is 5.73 Å². The maximum atomic E-state index is 12.2. The number of carbonyl (C=O) groups excluding carboxylic acids is 1. The van der Waals surface area contributed by atoms with Crippen molar-refractivity contribution in [2.24, 2.45) is 0 Å². The van der Waals surface area contributed by atoms with Crippen molar-refractivity contribution in [1.29, 1.82) is 0 Å². The summed E-state index contributed by atoms with van der Waals surface area (Å²) in [5, 5.41) is 12.8. The number of hydrogen-bond acceptors (Lipinski definition) is 3. The highest BCUT2D eigenvalue weighted by Gasteiger charge is 2.36. The second kappa shape index (κ2) is 4.61. The first-order valence-electron chi connectivity index (χ1n) is 5.96. The molecule has 4 N–H and O–H groups in total. The molecule has 0 fully saturated rings. The predicted octanol–water partition coefficient (Wildman–Crippen LogP) is 1.86. The Hall–Kier alpha value is -1.55. The van der Waals surface area contributed by atoms with Crippen molar-refractivity contribution < 1.29 is 9.90 Å². The first-order chi connectivity index (χ1) is 8.06. The van der Waals surface area contributed by atoms with Gasteiger partial charge in [-0.3, -0.25) is 4.79 Å². The highest BCUT2D eigenvalue weighted by Crippen LogP contribution is 2.23. The summed E-state index contributed by atoms with van der Waals surface area (Å²) in [4.78, 5) is 12.2. The summed E-state index contributed by atoms with van der Waals surface area (Å²) in [6.07, 6.45) is 0. The monoisotopic (exact) mass is 250 g/mol. The van der Waals surface area contributed by atoms with Crippen molar-refractivity contribution in [1.82, 2.24) is 5.32 Å². The summed E-state index contributed by atoms with van der Waals surface area (Å²) in [6, 6.07) is 5.32. The van der Waals surface area contributed by atoms with Gasteiger partial charge in [0.05, 0.1) is 16.7 Å². The molecular formula is C14H22N2O2. The number of para-hydroxylation sites is 1. The van der Waals surface area contributed by atoms with Gasteiger partial charge in [0.2, 0.25) is 0 Å². The van der Waals surface area contributed by atoms with Gasteiger partial charge < -0.3 is 16.2 Å². The summed E-state index contributed by atoms with van der Waals surface area (Å²) in [7, 11) is 0. The van der Waals surface area contributed by atoms with Gasteiger partial charge in [0, 0.05) is 5.69 Å². The minimum atomic E-state index is -1.03. The van der Waals surface area contributed by atoms with Gasteiger partial charge in [-0.2, -0.15) is 0 Å². The molecule has 0 heterocycles. The van der Waals surface area contributed by atoms with Gasteiger partial charge in [-0.1, -0.05) is 12.1 Å². The number of aryl methyl sites for hydroxylation is 1. The Kier molecular flexibility index (Phi) is 3.72. The summed E-state index contributed by atoms with van der Waals surface area (Å²) in [5.74, 6) is -0.275. The molecule has 1 rings (SSSR count). The number of hydrogen-bond donors (Lipinski definition) is 3. The number of nitrogens with one attached hydrogen (secondary N) is 1. The zero-order valence-corrected chi connectivity index (χ0v) is 11.7. The standard InChI is InChI=1S/C14H22N2O2/c1-9-7-6-8-10(11(9)15)12(17)16-13(2,3)14(4,5)18/h6-8,18H,15H2,1-5H3,(H,16,17). The molecule has 1 aromatic rings. The number of nitrogens with two attached hydrogens (primary N) is 1. The number of aliphatic hydroxyl groups is 1. The van der Waals surface area contributed by atoms with Crippen LogP contribution >= 0.6 is 0 Å². The molecule has 0 atom stereocenters. The van der Waals surface area contributed by atoms with Crippen LogP contribution in [0.2, 0.25) is 0 Å². The van der Waals surface area contributed by atoms with Crippen LogP contribution in [0.3, 0.4) is 0 Å². The fraction of sp³-hybridized carbons (Fsp3) is 0.500. The number of amides is 1. The molecule has 1 amide bonds. The Morgan fingerprint density at radius 1 is 1.28 bits per heavy atom. The lowest BCUT2D eigenvalue weighted by atomic mass is 9.85. The van der Waals surface area contributed by atoms with Crippen LogP contribution in [0.5, 0.6) is 0 Å². The maximum Gasteiger partial charge on any atom is 0.253 e. The van der Waals surface area contributed by atoms with E-state index in [1.165, 1.54) is 0 Å². The third kappa shape index (κ3) is 2.82. The van der Waals surface area contributed by atoms with Crippen LogP contribution in [0.25, 0.3) is 0 Å². The number of rotatable bonds is 3. The average Bonchev–Trinajstić information content (AvgIpc) is 2.19. The summed E-state index contributed by atoms with van der Waals surface area (Å²) >= 11 is 0. The lowest BCUT2D eigenvalue weighted by Crippen LogP contribution is -2.57. The largest absolute Gasteiger partial charge is 0.398 e. The SMILES string of the molecule is Cc1cccc(C(=O)NC(C)(C)C(C)(C)O)c1N. The number of nitrogen functional groups attached to an aromatic ring is 1. The normalized spacial score (nSPS) is 12.3. The van der Waals surface area contributed by atoms with Gasteiger partial charge in [0.15, 0.2) is 0 Å². The molecule has 18 heavy (non-hydrogen) atoms. The second-order valence-electron chi connectivity index (χ2n) is 5.67. The maximum absolute atomic E-state index is 12.2. The second-order valence-corrected chi connectivity index (χ2v) is 5.67. The van der Waals surface area contributed by atoms with Crippen LogP contribution in [-0.2, 0) is 0 Å². The Balaban J connectivity index is 3.00. The van der Waals surface area contributed by atoms with Crippen molar-refractivity contribution >= 4 is 11.6 Å². The van der Waals surface area contributed by atoms with Crippen molar-refractivity contribution in [3.8, 4) is 0 Å². The fourth-order valence-electron chi connectivity index (χ4n) is 1.38. The average molecular weight is 250 g/mol. The van der Waals surface area contributed by atoms with E-state index in [4.69, 9.17) is 5.73 Å². The van der Waals surface area contributed by atoms with Crippen LogP contribution in [0.15, 0.2) is 18.2 Å². The van der Waals surface area contributed by atoms with E-state index in [2.05, 4.69) is 5.32 Å². The van der Waals surface area contributed by atoms with Gasteiger partial charge in [-0.25, -0.2) is 0 Å². The fourth-order valence-corrected chi connectivity index (χ4v) is 1.38. The molecule has 0 aromatic heterocycles. The molecule has 4 heteroatoms. The Labute approximate surface area is 108 Å². The zero-order valence-electron chi connectivity index (χ0n) is 11.7. The van der Waals surface area contributed by atoms with E-state index in [0.29, 0.717) is 11.3 Å². The molecule has 0 spiro atoms. The third-order valence-electron chi connectivity index (χ3n) is 3.52. The van der Waals surface area contributed by atoms with Gasteiger partial charge in [-0.05, 0) is 46.2 Å². The number of anilines is 1. The molecule has 0 bridgehead atoms. The summed E-state index contributed by atoms with van der Waals surface area (Å²) in [5.41, 5.74) is 5.89. The van der Waals surface area contributed by atoms with Crippen molar-refractivity contribution in [3.63, 3.8) is 0 Å². The van der Waals surface area contributed by atoms with Crippen molar-refractivity contribution in [2.45, 2.75) is 45.8 Å². The molecule has 0 aliphatic carbocycles. The first kappa shape index (κ1) is 14.5. The van der Waals surface area contributed by atoms with Gasteiger partial charge in [0.25, 0.3) is 5.91 Å². The van der Waals surface area contributed by atoms with Crippen LogP contribution < -0.4 is 11.1 Å². The Morgan fingerprint density at radius 2 is 1.83 bits per heavy atom. The van der Waals surface area contributed by atoms with Crippen LogP contribution in [0, 0.1) is 6.92 Å². The van der Waals surface area contributed by atoms with Gasteiger partial charge >= 0.3 is 0 Å². The lowest BCUT2D eigenvalue weighted by molar-refractivity contribution is -0.00291. The van der Waals surface area contributed by atoms with E-state index >= 15 is 0 Å². The molecule has 4 nitrogen and oxygen atoms in total. The van der Waals surface area contributed by atoms with Gasteiger partial charge in [0.1, 0.15) is 0 Å². The topological polar surface area (TPSA) is 75.3 Å². The Morgan fingerprint density at radius 3 is 2.33 bits per heavy atom. The molecule has 0 saturated carbocycles. The molecule has 0 aliphatic heterocycles. The zero-order chi connectivity index (χ0) is 14.1. The highest BCUT2D eigenvalue weighted by atomic mass is 16.3. The van der Waals surface area contributed by atoms with E-state index in [9.17, 15) is 9.90 Å². The lowest BCUT2D eigenvalue weighted by Gasteiger charge is -2.38. The minimum absolute atomic E-state index is 0.275. The van der Waals surface area contributed by atoms with E-state index < -0.39 is 11.1 Å². The summed E-state index contributed by atoms with van der Waals surface area (Å²) in [6.45, 7) is 8.72. The van der Waals surface area contributed by atoms with E-state index in [0.717, 1.165) is 5.56 Å². The first-order valence-corrected chi connectivity index (χ1v) is 5.96. The quantitative estimate of drug-likeness (QED) is 0.717. The predicted molar refractivity (Wildman–Crippen MR) is 73.4 cm³/mol. The minimum Gasteiger partial charge on any atom is -0.398 e.